The first-order chi connectivity index (χ1) is 8.28. The van der Waals surface area contributed by atoms with Crippen molar-refractivity contribution in [1.29, 1.82) is 0 Å². The Morgan fingerprint density at radius 1 is 1.59 bits per heavy atom. The van der Waals surface area contributed by atoms with Crippen molar-refractivity contribution in [3.8, 4) is 0 Å². The number of rotatable bonds is 5. The SMILES string of the molecule is CCNCc1cn(CC2CN(C)CCO2)nn1. The Balaban J connectivity index is 1.83. The number of nitrogens with one attached hydrogen (secondary N) is 1. The molecule has 1 aliphatic rings. The molecule has 1 atom stereocenters. The second-order valence-corrected chi connectivity index (χ2v) is 4.47. The van der Waals surface area contributed by atoms with Gasteiger partial charge in [0, 0.05) is 25.8 Å². The summed E-state index contributed by atoms with van der Waals surface area (Å²) in [7, 11) is 2.12. The number of aromatic nitrogens is 3. The third kappa shape index (κ3) is 3.76. The number of nitrogens with zero attached hydrogens (tertiary/aromatic N) is 4. The molecule has 6 nitrogen and oxygen atoms in total. The normalized spacial score (nSPS) is 21.9. The first kappa shape index (κ1) is 12.5. The molecule has 0 aromatic carbocycles. The van der Waals surface area contributed by atoms with E-state index >= 15 is 0 Å². The second kappa shape index (κ2) is 6.09. The molecule has 2 rings (SSSR count). The van der Waals surface area contributed by atoms with Gasteiger partial charge < -0.3 is 15.0 Å². The Bertz CT molecular complexity index is 340. The molecule has 17 heavy (non-hydrogen) atoms. The highest BCUT2D eigenvalue weighted by atomic mass is 16.5. The van der Waals surface area contributed by atoms with Gasteiger partial charge in [0.2, 0.25) is 0 Å². The Morgan fingerprint density at radius 2 is 2.47 bits per heavy atom. The number of ether oxygens (including phenoxy) is 1. The molecule has 96 valence electrons. The summed E-state index contributed by atoms with van der Waals surface area (Å²) in [4.78, 5) is 2.28. The van der Waals surface area contributed by atoms with Gasteiger partial charge in [0.15, 0.2) is 0 Å². The van der Waals surface area contributed by atoms with E-state index in [1.165, 1.54) is 0 Å². The first-order valence-corrected chi connectivity index (χ1v) is 6.18. The van der Waals surface area contributed by atoms with Crippen molar-refractivity contribution in [2.45, 2.75) is 26.1 Å². The standard InChI is InChI=1S/C11H21N5O/c1-3-12-6-10-7-16(14-13-10)9-11-8-15(2)4-5-17-11/h7,11-12H,3-6,8-9H2,1-2H3. The van der Waals surface area contributed by atoms with Crippen LogP contribution in [-0.4, -0.2) is 59.3 Å². The second-order valence-electron chi connectivity index (χ2n) is 4.47. The zero-order valence-corrected chi connectivity index (χ0v) is 10.6. The van der Waals surface area contributed by atoms with Crippen LogP contribution in [0.4, 0.5) is 0 Å². The number of morpholine rings is 1. The molecule has 0 aliphatic carbocycles. The maximum Gasteiger partial charge on any atom is 0.0964 e. The fraction of sp³-hybridized carbons (Fsp3) is 0.818. The minimum Gasteiger partial charge on any atom is -0.374 e. The number of likely N-dealkylation sites (N-methyl/N-ethyl adjacent to an activating group) is 1. The van der Waals surface area contributed by atoms with Gasteiger partial charge in [0.1, 0.15) is 0 Å². The number of hydrogen-bond acceptors (Lipinski definition) is 5. The van der Waals surface area contributed by atoms with Crippen LogP contribution < -0.4 is 5.32 Å². The van der Waals surface area contributed by atoms with Crippen LogP contribution in [-0.2, 0) is 17.8 Å². The van der Waals surface area contributed by atoms with E-state index < -0.39 is 0 Å². The molecule has 1 unspecified atom stereocenters. The molecule has 6 heteroatoms. The summed E-state index contributed by atoms with van der Waals surface area (Å²) in [5.41, 5.74) is 0.982. The first-order valence-electron chi connectivity index (χ1n) is 6.18. The lowest BCUT2D eigenvalue weighted by atomic mass is 10.3. The van der Waals surface area contributed by atoms with Crippen LogP contribution >= 0.6 is 0 Å². The Kier molecular flexibility index (Phi) is 4.47. The summed E-state index contributed by atoms with van der Waals surface area (Å²) in [6.45, 7) is 7.37. The summed E-state index contributed by atoms with van der Waals surface area (Å²) >= 11 is 0. The van der Waals surface area contributed by atoms with Gasteiger partial charge in [-0.25, -0.2) is 4.68 Å². The third-order valence-electron chi connectivity index (χ3n) is 2.87. The molecule has 0 amide bonds. The molecule has 1 fully saturated rings. The Hall–Kier alpha value is -0.980. The van der Waals surface area contributed by atoms with Crippen molar-refractivity contribution < 1.29 is 4.74 Å². The Morgan fingerprint density at radius 3 is 3.24 bits per heavy atom. The lowest BCUT2D eigenvalue weighted by Gasteiger charge is -2.29. The zero-order chi connectivity index (χ0) is 12.1. The highest BCUT2D eigenvalue weighted by Crippen LogP contribution is 2.05. The minimum atomic E-state index is 0.224. The molecule has 0 bridgehead atoms. The van der Waals surface area contributed by atoms with Gasteiger partial charge in [-0.2, -0.15) is 0 Å². The van der Waals surface area contributed by atoms with Gasteiger partial charge in [-0.3, -0.25) is 0 Å². The fourth-order valence-corrected chi connectivity index (χ4v) is 1.95. The zero-order valence-electron chi connectivity index (χ0n) is 10.6. The molecular formula is C11H21N5O. The van der Waals surface area contributed by atoms with Crippen molar-refractivity contribution >= 4 is 0 Å². The van der Waals surface area contributed by atoms with Crippen molar-refractivity contribution in [3.63, 3.8) is 0 Å². The van der Waals surface area contributed by atoms with E-state index in [-0.39, 0.29) is 6.10 Å². The van der Waals surface area contributed by atoms with E-state index in [1.54, 1.807) is 0 Å². The van der Waals surface area contributed by atoms with E-state index in [0.717, 1.165) is 45.0 Å². The Labute approximate surface area is 102 Å². The van der Waals surface area contributed by atoms with E-state index in [1.807, 2.05) is 10.9 Å². The highest BCUT2D eigenvalue weighted by molar-refractivity contribution is 4.91. The van der Waals surface area contributed by atoms with Crippen LogP contribution in [0.15, 0.2) is 6.20 Å². The molecule has 1 aromatic heterocycles. The van der Waals surface area contributed by atoms with Crippen LogP contribution in [0.3, 0.4) is 0 Å². The topological polar surface area (TPSA) is 55.2 Å². The lowest BCUT2D eigenvalue weighted by molar-refractivity contribution is -0.0292. The van der Waals surface area contributed by atoms with Crippen LogP contribution in [0.1, 0.15) is 12.6 Å². The smallest absolute Gasteiger partial charge is 0.0964 e. The van der Waals surface area contributed by atoms with E-state index in [9.17, 15) is 0 Å². The van der Waals surface area contributed by atoms with Crippen LogP contribution in [0.2, 0.25) is 0 Å². The molecule has 1 aliphatic heterocycles. The van der Waals surface area contributed by atoms with Gasteiger partial charge in [-0.05, 0) is 13.6 Å². The summed E-state index contributed by atoms with van der Waals surface area (Å²) in [5, 5.41) is 11.5. The van der Waals surface area contributed by atoms with Crippen molar-refractivity contribution in [1.82, 2.24) is 25.2 Å². The summed E-state index contributed by atoms with van der Waals surface area (Å²) < 4.78 is 7.57. The van der Waals surface area contributed by atoms with Gasteiger partial charge in [-0.15, -0.1) is 5.10 Å². The monoisotopic (exact) mass is 239 g/mol. The molecule has 2 heterocycles. The van der Waals surface area contributed by atoms with Gasteiger partial charge >= 0.3 is 0 Å². The largest absolute Gasteiger partial charge is 0.374 e. The maximum atomic E-state index is 5.70. The summed E-state index contributed by atoms with van der Waals surface area (Å²) in [6.07, 6.45) is 2.21. The molecule has 1 aromatic rings. The predicted molar refractivity (Wildman–Crippen MR) is 64.6 cm³/mol. The van der Waals surface area contributed by atoms with Gasteiger partial charge in [0.25, 0.3) is 0 Å². The van der Waals surface area contributed by atoms with E-state index in [4.69, 9.17) is 4.74 Å². The van der Waals surface area contributed by atoms with E-state index in [2.05, 4.69) is 34.5 Å². The van der Waals surface area contributed by atoms with Crippen molar-refractivity contribution in [2.75, 3.05) is 33.3 Å². The highest BCUT2D eigenvalue weighted by Gasteiger charge is 2.18. The molecular weight excluding hydrogens is 218 g/mol. The van der Waals surface area contributed by atoms with Crippen LogP contribution in [0.5, 0.6) is 0 Å². The van der Waals surface area contributed by atoms with Gasteiger partial charge in [0.05, 0.1) is 24.9 Å². The summed E-state index contributed by atoms with van der Waals surface area (Å²) in [6, 6.07) is 0. The predicted octanol–water partition coefficient (Wildman–Crippen LogP) is -0.282. The molecule has 0 saturated carbocycles. The molecule has 0 radical (unpaired) electrons. The molecule has 1 N–H and O–H groups in total. The van der Waals surface area contributed by atoms with Gasteiger partial charge in [-0.1, -0.05) is 12.1 Å². The van der Waals surface area contributed by atoms with Crippen LogP contribution in [0, 0.1) is 0 Å². The fourth-order valence-electron chi connectivity index (χ4n) is 1.95. The third-order valence-corrected chi connectivity index (χ3v) is 2.87. The van der Waals surface area contributed by atoms with Crippen molar-refractivity contribution in [2.24, 2.45) is 0 Å². The molecule has 0 spiro atoms. The minimum absolute atomic E-state index is 0.224. The van der Waals surface area contributed by atoms with E-state index in [0.29, 0.717) is 0 Å². The number of hydrogen-bond donors (Lipinski definition) is 1. The molecule has 1 saturated heterocycles. The average Bonchev–Trinajstić information content (AvgIpc) is 2.74. The van der Waals surface area contributed by atoms with Crippen LogP contribution in [0.25, 0.3) is 0 Å². The quantitative estimate of drug-likeness (QED) is 0.766. The lowest BCUT2D eigenvalue weighted by Crippen LogP contribution is -2.42. The van der Waals surface area contributed by atoms with Crippen molar-refractivity contribution in [3.05, 3.63) is 11.9 Å². The average molecular weight is 239 g/mol. The maximum absolute atomic E-state index is 5.70. The summed E-state index contributed by atoms with van der Waals surface area (Å²) in [5.74, 6) is 0.